The summed E-state index contributed by atoms with van der Waals surface area (Å²) in [6, 6.07) is 10.8. The van der Waals surface area contributed by atoms with Crippen molar-refractivity contribution in [3.63, 3.8) is 0 Å². The molecule has 2 aromatic carbocycles. The topological polar surface area (TPSA) is 46.9 Å². The second-order valence-electron chi connectivity index (χ2n) is 5.59. The summed E-state index contributed by atoms with van der Waals surface area (Å²) < 4.78 is 28.9. The molecule has 0 aliphatic rings. The second-order valence-corrected chi connectivity index (χ2v) is 6.44. The van der Waals surface area contributed by atoms with E-state index in [1.54, 1.807) is 10.9 Å². The van der Waals surface area contributed by atoms with Crippen molar-refractivity contribution < 1.29 is 13.6 Å². The minimum Gasteiger partial charge on any atom is -0.304 e. The molecule has 0 aliphatic carbocycles. The molecule has 1 amide bonds. The van der Waals surface area contributed by atoms with Gasteiger partial charge in [0.2, 0.25) is 0 Å². The van der Waals surface area contributed by atoms with Crippen molar-refractivity contribution >= 4 is 27.7 Å². The van der Waals surface area contributed by atoms with Crippen molar-refractivity contribution in [1.82, 2.24) is 9.78 Å². The van der Waals surface area contributed by atoms with Crippen LogP contribution >= 0.6 is 15.9 Å². The van der Waals surface area contributed by atoms with Crippen molar-refractivity contribution in [3.8, 4) is 0 Å². The lowest BCUT2D eigenvalue weighted by Gasteiger charge is -2.05. The maximum Gasteiger partial charge on any atom is 0.259 e. The maximum absolute atomic E-state index is 13.7. The number of nitrogens with one attached hydrogen (secondary N) is 1. The van der Waals surface area contributed by atoms with Crippen LogP contribution < -0.4 is 5.32 Å². The molecule has 1 aromatic heterocycles. The highest BCUT2D eigenvalue weighted by atomic mass is 79.9. The lowest BCUT2D eigenvalue weighted by molar-refractivity contribution is 0.102. The Labute approximate surface area is 151 Å². The normalized spacial score (nSPS) is 10.7. The Morgan fingerprint density at radius 1 is 1.24 bits per heavy atom. The third-order valence-electron chi connectivity index (χ3n) is 3.55. The van der Waals surface area contributed by atoms with E-state index in [1.807, 2.05) is 31.2 Å². The zero-order chi connectivity index (χ0) is 18.0. The van der Waals surface area contributed by atoms with E-state index in [1.165, 1.54) is 0 Å². The molecule has 0 unspecified atom stereocenters. The molecular weight excluding hydrogens is 392 g/mol. The summed E-state index contributed by atoms with van der Waals surface area (Å²) in [6.07, 6.45) is 1.72. The van der Waals surface area contributed by atoms with Crippen LogP contribution in [0.5, 0.6) is 0 Å². The number of halogens is 3. The number of rotatable bonds is 4. The van der Waals surface area contributed by atoms with Crippen LogP contribution in [0.1, 0.15) is 21.5 Å². The number of benzene rings is 2. The summed E-state index contributed by atoms with van der Waals surface area (Å²) in [5, 5.41) is 6.81. The Bertz CT molecular complexity index is 940. The summed E-state index contributed by atoms with van der Waals surface area (Å²) in [4.78, 5) is 12.2. The van der Waals surface area contributed by atoms with Gasteiger partial charge in [-0.25, -0.2) is 8.78 Å². The average Bonchev–Trinajstić information content (AvgIpc) is 2.86. The molecule has 0 fully saturated rings. The molecule has 0 radical (unpaired) electrons. The number of carbonyl (C=O) groups is 1. The molecule has 4 nitrogen and oxygen atoms in total. The number of hydrogen-bond acceptors (Lipinski definition) is 2. The first-order chi connectivity index (χ1) is 11.9. The van der Waals surface area contributed by atoms with Gasteiger partial charge in [0.25, 0.3) is 5.91 Å². The van der Waals surface area contributed by atoms with Crippen LogP contribution in [0.25, 0.3) is 0 Å². The minimum atomic E-state index is -0.923. The molecule has 0 atom stereocenters. The van der Waals surface area contributed by atoms with Crippen molar-refractivity contribution in [1.29, 1.82) is 0 Å². The summed E-state index contributed by atoms with van der Waals surface area (Å²) >= 11 is 3.32. The second kappa shape index (κ2) is 7.14. The molecule has 25 heavy (non-hydrogen) atoms. The number of hydrogen-bond donors (Lipinski definition) is 1. The number of carbonyl (C=O) groups excluding carboxylic acids is 1. The summed E-state index contributed by atoms with van der Waals surface area (Å²) in [6.45, 7) is 2.53. The molecule has 1 heterocycles. The van der Waals surface area contributed by atoms with Crippen LogP contribution in [0.3, 0.4) is 0 Å². The first kappa shape index (κ1) is 17.3. The first-order valence-electron chi connectivity index (χ1n) is 7.47. The standard InChI is InChI=1S/C18H14BrF2N3O/c1-11-3-2-4-12(7-11)9-24-10-15(19)17(23-24)22-18(25)14-6-5-13(20)8-16(14)21/h2-8,10H,9H2,1H3,(H,22,23,25). The largest absolute Gasteiger partial charge is 0.304 e. The lowest BCUT2D eigenvalue weighted by atomic mass is 10.1. The smallest absolute Gasteiger partial charge is 0.259 e. The van der Waals surface area contributed by atoms with Crippen LogP contribution in [-0.4, -0.2) is 15.7 Å². The number of aromatic nitrogens is 2. The number of anilines is 1. The molecule has 0 saturated heterocycles. The van der Waals surface area contributed by atoms with Gasteiger partial charge in [-0.1, -0.05) is 29.8 Å². The fourth-order valence-corrected chi connectivity index (χ4v) is 2.82. The Hall–Kier alpha value is -2.54. The Kier molecular flexibility index (Phi) is 4.94. The number of amides is 1. The van der Waals surface area contributed by atoms with Gasteiger partial charge in [0, 0.05) is 12.3 Å². The van der Waals surface area contributed by atoms with E-state index >= 15 is 0 Å². The minimum absolute atomic E-state index is 0.249. The fourth-order valence-electron chi connectivity index (χ4n) is 2.41. The summed E-state index contributed by atoms with van der Waals surface area (Å²) in [5.74, 6) is -2.09. The molecule has 0 bridgehead atoms. The molecule has 1 N–H and O–H groups in total. The molecule has 0 spiro atoms. The van der Waals surface area contributed by atoms with Gasteiger partial charge in [0.1, 0.15) is 11.6 Å². The third kappa shape index (κ3) is 4.11. The fraction of sp³-hybridized carbons (Fsp3) is 0.111. The van der Waals surface area contributed by atoms with Crippen molar-refractivity contribution in [2.24, 2.45) is 0 Å². The van der Waals surface area contributed by atoms with Crippen LogP contribution in [0.15, 0.2) is 53.1 Å². The van der Waals surface area contributed by atoms with Gasteiger partial charge in [-0.05, 0) is 40.5 Å². The van der Waals surface area contributed by atoms with Gasteiger partial charge in [0.15, 0.2) is 5.82 Å². The molecule has 3 aromatic rings. The molecule has 0 saturated carbocycles. The quantitative estimate of drug-likeness (QED) is 0.692. The third-order valence-corrected chi connectivity index (χ3v) is 4.13. The van der Waals surface area contributed by atoms with Crippen LogP contribution in [0, 0.1) is 18.6 Å². The van der Waals surface area contributed by atoms with Gasteiger partial charge in [-0.15, -0.1) is 0 Å². The van der Waals surface area contributed by atoms with Crippen LogP contribution in [0.2, 0.25) is 0 Å². The van der Waals surface area contributed by atoms with Crippen LogP contribution in [0.4, 0.5) is 14.6 Å². The van der Waals surface area contributed by atoms with Crippen LogP contribution in [-0.2, 0) is 6.54 Å². The number of aryl methyl sites for hydroxylation is 1. The maximum atomic E-state index is 13.7. The van der Waals surface area contributed by atoms with Crippen molar-refractivity contribution in [3.05, 3.63) is 81.5 Å². The monoisotopic (exact) mass is 405 g/mol. The van der Waals surface area contributed by atoms with Gasteiger partial charge in [-0.3, -0.25) is 9.48 Å². The van der Waals surface area contributed by atoms with E-state index in [4.69, 9.17) is 0 Å². The zero-order valence-electron chi connectivity index (χ0n) is 13.3. The first-order valence-corrected chi connectivity index (χ1v) is 8.26. The highest BCUT2D eigenvalue weighted by molar-refractivity contribution is 9.10. The highest BCUT2D eigenvalue weighted by Crippen LogP contribution is 2.22. The Balaban J connectivity index is 1.77. The van der Waals surface area contributed by atoms with E-state index in [0.717, 1.165) is 23.3 Å². The van der Waals surface area contributed by atoms with Gasteiger partial charge >= 0.3 is 0 Å². The molecule has 3 rings (SSSR count). The lowest BCUT2D eigenvalue weighted by Crippen LogP contribution is -2.15. The summed E-state index contributed by atoms with van der Waals surface area (Å²) in [5.41, 5.74) is 1.96. The highest BCUT2D eigenvalue weighted by Gasteiger charge is 2.16. The predicted molar refractivity (Wildman–Crippen MR) is 94.5 cm³/mol. The average molecular weight is 406 g/mol. The van der Waals surface area contributed by atoms with E-state index in [-0.39, 0.29) is 11.4 Å². The van der Waals surface area contributed by atoms with Gasteiger partial charge < -0.3 is 5.32 Å². The van der Waals surface area contributed by atoms with Gasteiger partial charge in [0.05, 0.1) is 16.6 Å². The Morgan fingerprint density at radius 2 is 2.04 bits per heavy atom. The van der Waals surface area contributed by atoms with Crippen molar-refractivity contribution in [2.45, 2.75) is 13.5 Å². The molecule has 7 heteroatoms. The molecule has 0 aliphatic heterocycles. The van der Waals surface area contributed by atoms with E-state index < -0.39 is 17.5 Å². The Morgan fingerprint density at radius 3 is 2.76 bits per heavy atom. The SMILES string of the molecule is Cc1cccc(Cn2cc(Br)c(NC(=O)c3ccc(F)cc3F)n2)c1. The molecule has 128 valence electrons. The van der Waals surface area contributed by atoms with Crippen molar-refractivity contribution in [2.75, 3.05) is 5.32 Å². The molecular formula is C18H14BrF2N3O. The number of nitrogens with zero attached hydrogens (tertiary/aromatic N) is 2. The predicted octanol–water partition coefficient (Wildman–Crippen LogP) is 4.53. The zero-order valence-corrected chi connectivity index (χ0v) is 14.8. The summed E-state index contributed by atoms with van der Waals surface area (Å²) in [7, 11) is 0. The van der Waals surface area contributed by atoms with E-state index in [9.17, 15) is 13.6 Å². The van der Waals surface area contributed by atoms with E-state index in [2.05, 4.69) is 26.3 Å². The van der Waals surface area contributed by atoms with Gasteiger partial charge in [-0.2, -0.15) is 5.10 Å². The van der Waals surface area contributed by atoms with E-state index in [0.29, 0.717) is 17.1 Å².